The summed E-state index contributed by atoms with van der Waals surface area (Å²) >= 11 is 0. The quantitative estimate of drug-likeness (QED) is 0.0468. The first kappa shape index (κ1) is 44.8. The van der Waals surface area contributed by atoms with Crippen LogP contribution in [-0.2, 0) is 9.30 Å². The van der Waals surface area contributed by atoms with Gasteiger partial charge in [-0.15, -0.1) is 0 Å². The fourth-order valence-electron chi connectivity index (χ4n) is 5.17. The predicted molar refractivity (Wildman–Crippen MR) is 174 cm³/mol. The molecule has 2 atom stereocenters. The molecular formula is C32H71CaO5P. The summed E-state index contributed by atoms with van der Waals surface area (Å²) in [5.41, 5.74) is 0. The van der Waals surface area contributed by atoms with Gasteiger partial charge in [0, 0.05) is 13.2 Å². The molecule has 0 aromatic heterocycles. The molecule has 0 amide bonds. The standard InChI is InChI=1S/C32H66O.Ca.H3O4P.2H/c1-5-9-13-17-19-23-27-31(25-21-15-11-7-3)29-33-30-32(26-22-16-12-8-4)28-24-20-18-14-10-6-2;;1-5(2,3)4;;/h31-32H,5-30H2,1-4H3;;(H3,1,2,3,4);;/q;+2;;2*-1. The van der Waals surface area contributed by atoms with Gasteiger partial charge in [-0.3, -0.25) is 0 Å². The van der Waals surface area contributed by atoms with E-state index in [0.29, 0.717) is 0 Å². The largest absolute Gasteiger partial charge is 2.00 e. The molecule has 0 spiro atoms. The maximum Gasteiger partial charge on any atom is 2.00 e. The van der Waals surface area contributed by atoms with Crippen LogP contribution in [0.3, 0.4) is 0 Å². The number of hydrogen-bond donors (Lipinski definition) is 3. The van der Waals surface area contributed by atoms with Crippen LogP contribution in [0.2, 0.25) is 0 Å². The minimum Gasteiger partial charge on any atom is -1.00 e. The molecule has 0 aliphatic carbocycles. The van der Waals surface area contributed by atoms with Crippen molar-refractivity contribution in [1.29, 1.82) is 0 Å². The number of hydrogen-bond acceptors (Lipinski definition) is 2. The first-order valence-corrected chi connectivity index (χ1v) is 18.2. The second-order valence-corrected chi connectivity index (χ2v) is 12.6. The van der Waals surface area contributed by atoms with Crippen molar-refractivity contribution in [2.45, 2.75) is 182 Å². The van der Waals surface area contributed by atoms with E-state index >= 15 is 0 Å². The van der Waals surface area contributed by atoms with Crippen LogP contribution in [0.15, 0.2) is 0 Å². The molecule has 39 heavy (non-hydrogen) atoms. The van der Waals surface area contributed by atoms with Crippen LogP contribution in [0.5, 0.6) is 0 Å². The van der Waals surface area contributed by atoms with Crippen LogP contribution in [-0.4, -0.2) is 65.6 Å². The molecule has 0 aromatic carbocycles. The van der Waals surface area contributed by atoms with Gasteiger partial charge in [0.15, 0.2) is 0 Å². The molecule has 0 aromatic rings. The minimum atomic E-state index is -4.64. The molecule has 0 saturated carbocycles. The summed E-state index contributed by atoms with van der Waals surface area (Å²) in [7, 11) is -4.64. The predicted octanol–water partition coefficient (Wildman–Crippen LogP) is 10.6. The zero-order valence-electron chi connectivity index (χ0n) is 28.9. The topological polar surface area (TPSA) is 87.0 Å². The van der Waals surface area contributed by atoms with Gasteiger partial charge in [-0.1, -0.05) is 156 Å². The Labute approximate surface area is 277 Å². The molecule has 0 heterocycles. The van der Waals surface area contributed by atoms with Crippen molar-refractivity contribution in [3.8, 4) is 0 Å². The van der Waals surface area contributed by atoms with E-state index in [0.717, 1.165) is 25.0 Å². The number of phosphoric acid groups is 1. The van der Waals surface area contributed by atoms with Crippen molar-refractivity contribution in [1.82, 2.24) is 0 Å². The Morgan fingerprint density at radius 3 is 0.949 bits per heavy atom. The summed E-state index contributed by atoms with van der Waals surface area (Å²) in [4.78, 5) is 21.6. The summed E-state index contributed by atoms with van der Waals surface area (Å²) in [6.07, 6.45) is 33.8. The molecule has 0 rings (SSSR count). The first-order valence-electron chi connectivity index (χ1n) is 16.6. The van der Waals surface area contributed by atoms with Crippen molar-refractivity contribution in [3.05, 3.63) is 0 Å². The summed E-state index contributed by atoms with van der Waals surface area (Å²) in [5.74, 6) is 1.62. The molecule has 0 aliphatic rings. The smallest absolute Gasteiger partial charge is 1.00 e. The van der Waals surface area contributed by atoms with Crippen LogP contribution in [0, 0.1) is 11.8 Å². The number of ether oxygens (including phenoxy) is 1. The second-order valence-electron chi connectivity index (χ2n) is 11.6. The third kappa shape index (κ3) is 43.9. The zero-order valence-corrected chi connectivity index (χ0v) is 30.0. The number of unbranched alkanes of at least 4 members (excludes halogenated alkanes) is 16. The maximum atomic E-state index is 8.88. The molecule has 236 valence electrons. The summed E-state index contributed by atoms with van der Waals surface area (Å²) in [5, 5.41) is 0. The van der Waals surface area contributed by atoms with E-state index in [1.165, 1.54) is 154 Å². The van der Waals surface area contributed by atoms with Crippen molar-refractivity contribution in [2.75, 3.05) is 13.2 Å². The van der Waals surface area contributed by atoms with Crippen LogP contribution >= 0.6 is 7.82 Å². The molecule has 0 bridgehead atoms. The molecule has 2 unspecified atom stereocenters. The van der Waals surface area contributed by atoms with Crippen molar-refractivity contribution in [3.63, 3.8) is 0 Å². The van der Waals surface area contributed by atoms with E-state index < -0.39 is 7.82 Å². The van der Waals surface area contributed by atoms with Gasteiger partial charge in [0.25, 0.3) is 0 Å². The van der Waals surface area contributed by atoms with Gasteiger partial charge in [0.05, 0.1) is 0 Å². The SMILES string of the molecule is CCCCCCCCC(CCCCCC)COCC(CCCCCC)CCCCCCCC.O=P(O)(O)O.[Ca+2].[H-].[H-]. The first-order chi connectivity index (χ1) is 18.3. The molecule has 3 N–H and O–H groups in total. The normalized spacial score (nSPS) is 12.9. The zero-order chi connectivity index (χ0) is 28.7. The average molecular weight is 607 g/mol. The van der Waals surface area contributed by atoms with E-state index in [1.54, 1.807) is 0 Å². The Hall–Kier alpha value is 1.33. The Balaban J connectivity index is -0.000000493. The monoisotopic (exact) mass is 606 g/mol. The summed E-state index contributed by atoms with van der Waals surface area (Å²) < 4.78 is 15.3. The second kappa shape index (κ2) is 35.5. The summed E-state index contributed by atoms with van der Waals surface area (Å²) in [6, 6.07) is 0. The fourth-order valence-corrected chi connectivity index (χ4v) is 5.17. The van der Waals surface area contributed by atoms with E-state index in [-0.39, 0.29) is 40.6 Å². The van der Waals surface area contributed by atoms with E-state index in [9.17, 15) is 0 Å². The third-order valence-corrected chi connectivity index (χ3v) is 7.57. The Kier molecular flexibility index (Phi) is 40.8. The van der Waals surface area contributed by atoms with Crippen molar-refractivity contribution in [2.24, 2.45) is 11.8 Å². The summed E-state index contributed by atoms with van der Waals surface area (Å²) in [6.45, 7) is 11.3. The Bertz CT molecular complexity index is 460. The fraction of sp³-hybridized carbons (Fsp3) is 1.00. The molecule has 0 aliphatic heterocycles. The third-order valence-electron chi connectivity index (χ3n) is 7.57. The molecule has 0 radical (unpaired) electrons. The molecule has 7 heteroatoms. The molecule has 5 nitrogen and oxygen atoms in total. The average Bonchev–Trinajstić information content (AvgIpc) is 2.86. The van der Waals surface area contributed by atoms with Crippen LogP contribution in [0.1, 0.15) is 185 Å². The van der Waals surface area contributed by atoms with Crippen molar-refractivity contribution >= 4 is 45.6 Å². The van der Waals surface area contributed by atoms with E-state index in [2.05, 4.69) is 27.7 Å². The Morgan fingerprint density at radius 1 is 0.487 bits per heavy atom. The van der Waals surface area contributed by atoms with Gasteiger partial charge >= 0.3 is 45.6 Å². The van der Waals surface area contributed by atoms with Gasteiger partial charge < -0.3 is 22.3 Å². The van der Waals surface area contributed by atoms with Crippen LogP contribution < -0.4 is 0 Å². The van der Waals surface area contributed by atoms with Gasteiger partial charge in [0.2, 0.25) is 0 Å². The van der Waals surface area contributed by atoms with Crippen LogP contribution in [0.4, 0.5) is 0 Å². The molecule has 0 saturated heterocycles. The van der Waals surface area contributed by atoms with Gasteiger partial charge in [-0.25, -0.2) is 4.57 Å². The van der Waals surface area contributed by atoms with Gasteiger partial charge in [-0.2, -0.15) is 0 Å². The van der Waals surface area contributed by atoms with Crippen LogP contribution in [0.25, 0.3) is 0 Å². The van der Waals surface area contributed by atoms with Crippen molar-refractivity contribution < 1.29 is 26.8 Å². The van der Waals surface area contributed by atoms with E-state index in [4.69, 9.17) is 24.0 Å². The van der Waals surface area contributed by atoms with Gasteiger partial charge in [0.1, 0.15) is 0 Å². The molecular weight excluding hydrogens is 535 g/mol. The minimum absolute atomic E-state index is 0. The maximum absolute atomic E-state index is 8.88. The Morgan fingerprint density at radius 2 is 0.692 bits per heavy atom. The molecule has 0 fully saturated rings. The van der Waals surface area contributed by atoms with E-state index in [1.807, 2.05) is 0 Å². The number of rotatable bonds is 28. The van der Waals surface area contributed by atoms with Gasteiger partial charge in [-0.05, 0) is 37.5 Å².